The maximum Gasteiger partial charge on any atom is 0.217 e. The van der Waals surface area contributed by atoms with Crippen molar-refractivity contribution >= 4 is 22.6 Å². The number of hydrogen-bond acceptors (Lipinski definition) is 4. The predicted molar refractivity (Wildman–Crippen MR) is 70.8 cm³/mol. The summed E-state index contributed by atoms with van der Waals surface area (Å²) in [4.78, 5) is 27.3. The average Bonchev–Trinajstić information content (AvgIpc) is 2.43. The molecule has 0 saturated carbocycles. The fraction of sp³-hybridized carbons (Fsp3) is 0.214. The number of hydrogen-bond donors (Lipinski definition) is 2. The van der Waals surface area contributed by atoms with Crippen LogP contribution in [0, 0.1) is 0 Å². The van der Waals surface area contributed by atoms with E-state index in [9.17, 15) is 14.7 Å². The van der Waals surface area contributed by atoms with Gasteiger partial charge in [0, 0.05) is 24.1 Å². The zero-order chi connectivity index (χ0) is 13.8. The summed E-state index contributed by atoms with van der Waals surface area (Å²) in [6.07, 6.45) is 1.68. The van der Waals surface area contributed by atoms with Gasteiger partial charge >= 0.3 is 0 Å². The highest BCUT2D eigenvalue weighted by molar-refractivity contribution is 6.04. The monoisotopic (exact) mass is 258 g/mol. The van der Waals surface area contributed by atoms with E-state index in [1.165, 1.54) is 6.92 Å². The Kier molecular flexibility index (Phi) is 3.87. The summed E-state index contributed by atoms with van der Waals surface area (Å²) in [6.45, 7) is 0.879. The highest BCUT2D eigenvalue weighted by Gasteiger charge is 2.20. The Morgan fingerprint density at radius 2 is 2.16 bits per heavy atom. The smallest absolute Gasteiger partial charge is 0.217 e. The molecule has 2 N–H and O–H groups in total. The highest BCUT2D eigenvalue weighted by Crippen LogP contribution is 2.14. The third-order valence-electron chi connectivity index (χ3n) is 2.76. The molecule has 1 atom stereocenters. The largest absolute Gasteiger partial charge is 0.394 e. The van der Waals surface area contributed by atoms with Gasteiger partial charge in [-0.25, -0.2) is 0 Å². The number of ketones is 1. The molecule has 19 heavy (non-hydrogen) atoms. The van der Waals surface area contributed by atoms with E-state index in [1.807, 2.05) is 6.07 Å². The van der Waals surface area contributed by atoms with Crippen molar-refractivity contribution in [2.24, 2.45) is 0 Å². The first kappa shape index (κ1) is 13.2. The molecule has 0 radical (unpaired) electrons. The van der Waals surface area contributed by atoms with Crippen LogP contribution in [-0.4, -0.2) is 34.4 Å². The van der Waals surface area contributed by atoms with Gasteiger partial charge < -0.3 is 10.4 Å². The topological polar surface area (TPSA) is 79.3 Å². The third-order valence-corrected chi connectivity index (χ3v) is 2.76. The Morgan fingerprint density at radius 1 is 1.37 bits per heavy atom. The predicted octanol–water partition coefficient (Wildman–Crippen LogP) is 0.914. The summed E-state index contributed by atoms with van der Waals surface area (Å²) in [5, 5.41) is 12.4. The van der Waals surface area contributed by atoms with E-state index in [1.54, 1.807) is 30.5 Å². The Labute approximate surface area is 110 Å². The molecule has 0 fully saturated rings. The highest BCUT2D eigenvalue weighted by atomic mass is 16.3. The normalized spacial score (nSPS) is 12.1. The van der Waals surface area contributed by atoms with Crippen molar-refractivity contribution in [1.29, 1.82) is 0 Å². The van der Waals surface area contributed by atoms with E-state index < -0.39 is 12.6 Å². The van der Waals surface area contributed by atoms with Crippen molar-refractivity contribution in [3.63, 3.8) is 0 Å². The van der Waals surface area contributed by atoms with Gasteiger partial charge in [-0.15, -0.1) is 0 Å². The number of amides is 1. The first-order chi connectivity index (χ1) is 9.11. The summed E-state index contributed by atoms with van der Waals surface area (Å²) in [5.41, 5.74) is 1.23. The summed E-state index contributed by atoms with van der Waals surface area (Å²) < 4.78 is 0. The van der Waals surface area contributed by atoms with Gasteiger partial charge in [-0.1, -0.05) is 6.07 Å². The van der Waals surface area contributed by atoms with Crippen molar-refractivity contribution < 1.29 is 14.7 Å². The van der Waals surface area contributed by atoms with Crippen molar-refractivity contribution in [1.82, 2.24) is 10.3 Å². The standard InChI is InChI=1S/C14H14N2O3/c1-9(18)16-13(8-17)14(19)11-4-5-12-10(7-11)3-2-6-15-12/h2-7,13,17H,8H2,1H3,(H,16,18)/t13-/m1/s1. The molecular weight excluding hydrogens is 244 g/mol. The number of pyridine rings is 1. The van der Waals surface area contributed by atoms with Crippen molar-refractivity contribution in [3.05, 3.63) is 42.1 Å². The Hall–Kier alpha value is -2.27. The minimum Gasteiger partial charge on any atom is -0.394 e. The molecule has 0 saturated heterocycles. The number of fused-ring (bicyclic) bond motifs is 1. The van der Waals surface area contributed by atoms with Crippen LogP contribution in [0.15, 0.2) is 36.5 Å². The van der Waals surface area contributed by atoms with Crippen LogP contribution in [0.3, 0.4) is 0 Å². The number of aliphatic hydroxyl groups is 1. The second kappa shape index (κ2) is 5.58. The van der Waals surface area contributed by atoms with Crippen LogP contribution < -0.4 is 5.32 Å². The molecule has 5 nitrogen and oxygen atoms in total. The number of aromatic nitrogens is 1. The summed E-state index contributed by atoms with van der Waals surface area (Å²) in [7, 11) is 0. The van der Waals surface area contributed by atoms with Gasteiger partial charge in [0.1, 0.15) is 6.04 Å². The number of nitrogens with one attached hydrogen (secondary N) is 1. The first-order valence-electron chi connectivity index (χ1n) is 5.89. The molecule has 0 aliphatic carbocycles. The molecule has 1 heterocycles. The zero-order valence-electron chi connectivity index (χ0n) is 10.5. The van der Waals surface area contributed by atoms with Gasteiger partial charge in [0.05, 0.1) is 12.1 Å². The molecule has 1 aromatic carbocycles. The van der Waals surface area contributed by atoms with Crippen LogP contribution in [-0.2, 0) is 4.79 Å². The number of carbonyl (C=O) groups is 2. The Morgan fingerprint density at radius 3 is 2.84 bits per heavy atom. The number of aliphatic hydroxyl groups excluding tert-OH is 1. The van der Waals surface area contributed by atoms with Crippen LogP contribution in [0.2, 0.25) is 0 Å². The molecule has 0 bridgehead atoms. The molecule has 2 rings (SSSR count). The molecular formula is C14H14N2O3. The van der Waals surface area contributed by atoms with Crippen LogP contribution in [0.4, 0.5) is 0 Å². The Bertz CT molecular complexity index is 625. The van der Waals surface area contributed by atoms with Crippen LogP contribution in [0.5, 0.6) is 0 Å². The molecule has 2 aromatic rings. The average molecular weight is 258 g/mol. The quantitative estimate of drug-likeness (QED) is 0.799. The van der Waals surface area contributed by atoms with Crippen molar-refractivity contribution in [2.45, 2.75) is 13.0 Å². The minimum absolute atomic E-state index is 0.316. The van der Waals surface area contributed by atoms with Crippen LogP contribution >= 0.6 is 0 Å². The number of carbonyl (C=O) groups excluding carboxylic acids is 2. The van der Waals surface area contributed by atoms with E-state index >= 15 is 0 Å². The fourth-order valence-corrected chi connectivity index (χ4v) is 1.87. The summed E-state index contributed by atoms with van der Waals surface area (Å²) in [6, 6.07) is 7.81. The molecule has 1 amide bonds. The van der Waals surface area contributed by atoms with Crippen molar-refractivity contribution in [2.75, 3.05) is 6.61 Å². The van der Waals surface area contributed by atoms with Crippen LogP contribution in [0.1, 0.15) is 17.3 Å². The van der Waals surface area contributed by atoms with Gasteiger partial charge in [0.25, 0.3) is 0 Å². The van der Waals surface area contributed by atoms with Gasteiger partial charge in [-0.3, -0.25) is 14.6 Å². The maximum absolute atomic E-state index is 12.2. The molecule has 98 valence electrons. The summed E-state index contributed by atoms with van der Waals surface area (Å²) in [5.74, 6) is -0.668. The SMILES string of the molecule is CC(=O)N[C@H](CO)C(=O)c1ccc2ncccc2c1. The molecule has 5 heteroatoms. The summed E-state index contributed by atoms with van der Waals surface area (Å²) >= 11 is 0. The van der Waals surface area contributed by atoms with E-state index in [4.69, 9.17) is 0 Å². The second-order valence-corrected chi connectivity index (χ2v) is 4.21. The van der Waals surface area contributed by atoms with E-state index in [0.717, 1.165) is 10.9 Å². The number of benzene rings is 1. The number of nitrogens with zero attached hydrogens (tertiary/aromatic N) is 1. The lowest BCUT2D eigenvalue weighted by Crippen LogP contribution is -2.42. The minimum atomic E-state index is -0.911. The lowest BCUT2D eigenvalue weighted by atomic mass is 10.0. The molecule has 1 aromatic heterocycles. The van der Waals surface area contributed by atoms with Crippen LogP contribution in [0.25, 0.3) is 10.9 Å². The van der Waals surface area contributed by atoms with Gasteiger partial charge in [-0.2, -0.15) is 0 Å². The first-order valence-corrected chi connectivity index (χ1v) is 5.89. The van der Waals surface area contributed by atoms with Gasteiger partial charge in [0.2, 0.25) is 5.91 Å². The second-order valence-electron chi connectivity index (χ2n) is 4.21. The van der Waals surface area contributed by atoms with E-state index in [0.29, 0.717) is 5.56 Å². The lowest BCUT2D eigenvalue weighted by Gasteiger charge is -2.14. The molecule has 0 aliphatic heterocycles. The van der Waals surface area contributed by atoms with Gasteiger partial charge in [-0.05, 0) is 24.3 Å². The molecule has 0 aliphatic rings. The molecule has 0 unspecified atom stereocenters. The zero-order valence-corrected chi connectivity index (χ0v) is 10.5. The number of Topliss-reactive ketones (excluding diaryl/α,β-unsaturated/α-hetero) is 1. The molecule has 0 spiro atoms. The fourth-order valence-electron chi connectivity index (χ4n) is 1.87. The lowest BCUT2D eigenvalue weighted by molar-refractivity contribution is -0.119. The van der Waals surface area contributed by atoms with E-state index in [2.05, 4.69) is 10.3 Å². The van der Waals surface area contributed by atoms with E-state index in [-0.39, 0.29) is 11.7 Å². The van der Waals surface area contributed by atoms with Gasteiger partial charge in [0.15, 0.2) is 5.78 Å². The number of rotatable bonds is 4. The Balaban J connectivity index is 2.32. The maximum atomic E-state index is 12.2. The third kappa shape index (κ3) is 2.95. The van der Waals surface area contributed by atoms with Crippen molar-refractivity contribution in [3.8, 4) is 0 Å².